The van der Waals surface area contributed by atoms with Crippen LogP contribution in [0.2, 0.25) is 4.78 Å². The van der Waals surface area contributed by atoms with Gasteiger partial charge in [-0.05, 0) is 5.92 Å². The Bertz CT molecular complexity index is 60.0. The first kappa shape index (κ1) is 6.65. The lowest BCUT2D eigenvalue weighted by Crippen LogP contribution is -2.07. The maximum absolute atomic E-state index is 2.92. The Morgan fingerprint density at radius 1 is 1.25 bits per heavy atom. The minimum absolute atomic E-state index is 0. The van der Waals surface area contributed by atoms with E-state index in [2.05, 4.69) is 23.2 Å². The molecule has 0 amide bonds. The van der Waals surface area contributed by atoms with Gasteiger partial charge in [0.05, 0.1) is 0 Å². The van der Waals surface area contributed by atoms with Gasteiger partial charge in [-0.15, -0.1) is 4.78 Å². The van der Waals surface area contributed by atoms with Crippen LogP contribution in [-0.2, 0) is 0 Å². The molecule has 0 saturated heterocycles. The summed E-state index contributed by atoms with van der Waals surface area (Å²) in [7, 11) is 0. The smallest absolute Gasteiger partial charge is 0.107 e. The number of hydrogen-bond donors (Lipinski definition) is 0. The zero-order valence-electron chi connectivity index (χ0n) is 5.56. The van der Waals surface area contributed by atoms with Crippen molar-refractivity contribution >= 4 is 16.3 Å². The maximum atomic E-state index is 2.92. The Labute approximate surface area is 63.1 Å². The van der Waals surface area contributed by atoms with Crippen LogP contribution in [0.3, 0.4) is 0 Å². The molecule has 0 aromatic rings. The van der Waals surface area contributed by atoms with Crippen molar-refractivity contribution in [2.45, 2.75) is 37.4 Å². The summed E-state index contributed by atoms with van der Waals surface area (Å²) in [4.78, 5) is 0. The second kappa shape index (κ2) is 2.90. The minimum Gasteiger partial charge on any atom is -0.107 e. The molecule has 0 aliphatic heterocycles. The molecule has 1 fully saturated rings. The SMILES string of the molecule is CC1CC[CH]([Al])CC1.[HH].[HH]. The van der Waals surface area contributed by atoms with Gasteiger partial charge in [0.15, 0.2) is 0 Å². The zero-order valence-corrected chi connectivity index (χ0v) is 6.72. The average Bonchev–Trinajstić information content (AvgIpc) is 1.77. The van der Waals surface area contributed by atoms with Crippen LogP contribution in [-0.4, -0.2) is 16.3 Å². The molecule has 2 radical (unpaired) electrons. The van der Waals surface area contributed by atoms with Gasteiger partial charge < -0.3 is 0 Å². The third-order valence-electron chi connectivity index (χ3n) is 2.06. The first-order valence-electron chi connectivity index (χ1n) is 3.54. The highest BCUT2D eigenvalue weighted by Gasteiger charge is 2.12. The predicted octanol–water partition coefficient (Wildman–Crippen LogP) is 2.65. The van der Waals surface area contributed by atoms with Crippen molar-refractivity contribution in [3.8, 4) is 0 Å². The highest BCUT2D eigenvalue weighted by Crippen LogP contribution is 2.29. The van der Waals surface area contributed by atoms with Crippen LogP contribution < -0.4 is 0 Å². The molecule has 0 spiro atoms. The van der Waals surface area contributed by atoms with Gasteiger partial charge in [0, 0.05) is 2.85 Å². The van der Waals surface area contributed by atoms with Gasteiger partial charge in [-0.25, -0.2) is 0 Å². The summed E-state index contributed by atoms with van der Waals surface area (Å²) < 4.78 is 0.936. The first-order valence-corrected chi connectivity index (χ1v) is 4.21. The van der Waals surface area contributed by atoms with Crippen LogP contribution >= 0.6 is 0 Å². The maximum Gasteiger partial charge on any atom is 0.123 e. The van der Waals surface area contributed by atoms with E-state index >= 15 is 0 Å². The summed E-state index contributed by atoms with van der Waals surface area (Å²) in [6.45, 7) is 2.36. The van der Waals surface area contributed by atoms with Gasteiger partial charge in [-0.2, -0.15) is 0 Å². The van der Waals surface area contributed by atoms with Crippen molar-refractivity contribution < 1.29 is 2.85 Å². The van der Waals surface area contributed by atoms with Crippen molar-refractivity contribution in [1.29, 1.82) is 0 Å². The van der Waals surface area contributed by atoms with Gasteiger partial charge in [-0.1, -0.05) is 32.6 Å². The van der Waals surface area contributed by atoms with Gasteiger partial charge in [0.25, 0.3) is 0 Å². The highest BCUT2D eigenvalue weighted by atomic mass is 27.0. The lowest BCUT2D eigenvalue weighted by atomic mass is 9.90. The monoisotopic (exact) mass is 128 g/mol. The molecule has 8 heavy (non-hydrogen) atoms. The van der Waals surface area contributed by atoms with E-state index < -0.39 is 0 Å². The highest BCUT2D eigenvalue weighted by molar-refractivity contribution is 6.11. The Morgan fingerprint density at radius 2 is 1.75 bits per heavy atom. The molecule has 1 rings (SSSR count). The van der Waals surface area contributed by atoms with Crippen molar-refractivity contribution in [3.63, 3.8) is 0 Å². The average molecular weight is 128 g/mol. The van der Waals surface area contributed by atoms with Gasteiger partial charge >= 0.3 is 0 Å². The molecule has 1 heteroatoms. The number of rotatable bonds is 0. The standard InChI is InChI=1S/C7H13.Al.2H2/c1-7-5-3-2-4-6-7;;;/h2,7H,3-6H2,1H3;;2*1H. The Balaban J connectivity index is 0. The summed E-state index contributed by atoms with van der Waals surface area (Å²) in [6.07, 6.45) is 5.78. The van der Waals surface area contributed by atoms with Crippen LogP contribution in [0.5, 0.6) is 0 Å². The van der Waals surface area contributed by atoms with E-state index in [0.717, 1.165) is 10.7 Å². The topological polar surface area (TPSA) is 0 Å². The van der Waals surface area contributed by atoms with Crippen LogP contribution in [0.25, 0.3) is 0 Å². The molecule has 1 saturated carbocycles. The van der Waals surface area contributed by atoms with Crippen LogP contribution in [0.1, 0.15) is 35.5 Å². The molecule has 0 N–H and O–H groups in total. The lowest BCUT2D eigenvalue weighted by molar-refractivity contribution is 0.386. The van der Waals surface area contributed by atoms with E-state index in [0.29, 0.717) is 0 Å². The van der Waals surface area contributed by atoms with Gasteiger partial charge in [-0.3, -0.25) is 0 Å². The molecule has 0 unspecified atom stereocenters. The van der Waals surface area contributed by atoms with Crippen LogP contribution in [0.4, 0.5) is 0 Å². The molecule has 48 valence electrons. The Kier molecular flexibility index (Phi) is 2.41. The normalized spacial score (nSPS) is 39.6. The molecule has 1 aliphatic rings. The molecule has 0 nitrogen and oxygen atoms in total. The van der Waals surface area contributed by atoms with E-state index in [1.807, 2.05) is 0 Å². The molecule has 1 aliphatic carbocycles. The zero-order chi connectivity index (χ0) is 5.98. The number of hydrogen-bond acceptors (Lipinski definition) is 0. The lowest BCUT2D eigenvalue weighted by Gasteiger charge is -2.23. The Morgan fingerprint density at radius 3 is 2.12 bits per heavy atom. The van der Waals surface area contributed by atoms with Gasteiger partial charge in [0.1, 0.15) is 16.3 Å². The van der Waals surface area contributed by atoms with Crippen LogP contribution in [0.15, 0.2) is 0 Å². The largest absolute Gasteiger partial charge is 0.123 e. The fourth-order valence-corrected chi connectivity index (χ4v) is 1.67. The fourth-order valence-electron chi connectivity index (χ4n) is 1.29. The predicted molar refractivity (Wildman–Crippen MR) is 41.4 cm³/mol. The van der Waals surface area contributed by atoms with Crippen molar-refractivity contribution in [1.82, 2.24) is 0 Å². The van der Waals surface area contributed by atoms with Crippen molar-refractivity contribution in [2.24, 2.45) is 5.92 Å². The van der Waals surface area contributed by atoms with Crippen LogP contribution in [0, 0.1) is 5.92 Å². The fraction of sp³-hybridized carbons (Fsp3) is 1.00. The van der Waals surface area contributed by atoms with Gasteiger partial charge in [0.2, 0.25) is 0 Å². The molecule has 0 bridgehead atoms. The van der Waals surface area contributed by atoms with E-state index in [1.54, 1.807) is 0 Å². The molecule has 0 aromatic heterocycles. The summed E-state index contributed by atoms with van der Waals surface area (Å²) >= 11 is 2.92. The molecular formula is C7H17Al. The van der Waals surface area contributed by atoms with E-state index in [4.69, 9.17) is 0 Å². The first-order chi connectivity index (χ1) is 3.79. The molecule has 0 heterocycles. The second-order valence-electron chi connectivity index (χ2n) is 3.02. The molecule has 0 aromatic carbocycles. The van der Waals surface area contributed by atoms with Crippen molar-refractivity contribution in [2.75, 3.05) is 0 Å². The molecular weight excluding hydrogens is 111 g/mol. The third-order valence-corrected chi connectivity index (χ3v) is 2.73. The second-order valence-corrected chi connectivity index (χ2v) is 3.96. The quantitative estimate of drug-likeness (QED) is 0.440. The summed E-state index contributed by atoms with van der Waals surface area (Å²) in [6, 6.07) is 0. The van der Waals surface area contributed by atoms with E-state index in [-0.39, 0.29) is 2.85 Å². The van der Waals surface area contributed by atoms with E-state index in [1.165, 1.54) is 25.7 Å². The van der Waals surface area contributed by atoms with Crippen molar-refractivity contribution in [3.05, 3.63) is 0 Å². The minimum atomic E-state index is 0. The third kappa shape index (κ3) is 1.80. The Hall–Kier alpha value is 0.532. The summed E-state index contributed by atoms with van der Waals surface area (Å²) in [5, 5.41) is 0. The summed E-state index contributed by atoms with van der Waals surface area (Å²) in [5.74, 6) is 1.01. The summed E-state index contributed by atoms with van der Waals surface area (Å²) in [5.41, 5.74) is 0. The van der Waals surface area contributed by atoms with E-state index in [9.17, 15) is 0 Å². The molecule has 0 atom stereocenters.